The van der Waals surface area contributed by atoms with E-state index in [1.54, 1.807) is 91.5 Å². The highest BCUT2D eigenvalue weighted by Gasteiger charge is 2.39. The van der Waals surface area contributed by atoms with Crippen LogP contribution in [-0.4, -0.2) is 70.6 Å². The van der Waals surface area contributed by atoms with E-state index in [9.17, 15) is 23.7 Å². The van der Waals surface area contributed by atoms with Crippen LogP contribution in [0.4, 0.5) is 0 Å². The van der Waals surface area contributed by atoms with E-state index < -0.39 is 48.6 Å². The van der Waals surface area contributed by atoms with Crippen molar-refractivity contribution in [2.24, 2.45) is 0 Å². The highest BCUT2D eigenvalue weighted by Crippen LogP contribution is 2.55. The van der Waals surface area contributed by atoms with Gasteiger partial charge in [-0.3, -0.25) is 28.2 Å². The van der Waals surface area contributed by atoms with Crippen molar-refractivity contribution in [1.82, 2.24) is 15.5 Å². The van der Waals surface area contributed by atoms with Crippen molar-refractivity contribution in [3.63, 3.8) is 0 Å². The molecule has 0 spiro atoms. The molecule has 57 heavy (non-hydrogen) atoms. The second-order valence-corrected chi connectivity index (χ2v) is 18.9. The molecule has 12 nitrogen and oxygen atoms in total. The Hall–Kier alpha value is -3.73. The van der Waals surface area contributed by atoms with Gasteiger partial charge in [0.2, 0.25) is 17.7 Å². The zero-order valence-corrected chi connectivity index (χ0v) is 37.3. The lowest BCUT2D eigenvalue weighted by molar-refractivity contribution is -0.155. The van der Waals surface area contributed by atoms with Gasteiger partial charge in [-0.1, -0.05) is 82.0 Å². The third-order valence-electron chi connectivity index (χ3n) is 8.26. The summed E-state index contributed by atoms with van der Waals surface area (Å²) in [6, 6.07) is 13.7. The molecule has 0 heterocycles. The topological polar surface area (TPSA) is 150 Å². The maximum atomic E-state index is 14.3. The van der Waals surface area contributed by atoms with E-state index in [0.717, 1.165) is 44.1 Å². The van der Waals surface area contributed by atoms with Crippen LogP contribution in [0.15, 0.2) is 54.6 Å². The Balaban J connectivity index is 2.45. The number of ether oxygens (including phenoxy) is 1. The van der Waals surface area contributed by atoms with E-state index in [0.29, 0.717) is 18.7 Å². The second kappa shape index (κ2) is 23.0. The smallest absolute Gasteiger partial charge is 0.460 e. The number of nitrogens with one attached hydrogen (secondary N) is 2. The third-order valence-corrected chi connectivity index (χ3v) is 10.2. The summed E-state index contributed by atoms with van der Waals surface area (Å²) < 4.78 is 36.6. The van der Waals surface area contributed by atoms with E-state index >= 15 is 0 Å². The Morgan fingerprint density at radius 1 is 0.684 bits per heavy atom. The molecular formula is C44H70N3O9P. The van der Waals surface area contributed by atoms with Gasteiger partial charge in [0.1, 0.15) is 23.4 Å². The van der Waals surface area contributed by atoms with Crippen LogP contribution in [-0.2, 0) is 50.4 Å². The molecule has 320 valence electrons. The monoisotopic (exact) mass is 815 g/mol. The van der Waals surface area contributed by atoms with Crippen molar-refractivity contribution < 1.29 is 42.1 Å². The number of unbranched alkanes of at least 4 members (excludes halogenated alkanes) is 4. The standard InChI is InChI=1S/C44H70N3O9P/c1-12-14-19-29-47(30-20-15-13-2)41(51)36(27-28-39(49)53-42(3,4)5)46-40(50)37(45-38(48)32-33-21-17-16-18-22-33)31-34-23-25-35(26-24-34)54-57(52,55-43(6,7)8)56-44(9,10)11/h16-18,21-26,36-37H,12-15,19-20,27-32H2,1-11H3,(H,45,48)(H,46,50)/t36-,37-/m0/s1. The quantitative estimate of drug-likeness (QED) is 0.0637. The number of esters is 1. The maximum Gasteiger partial charge on any atom is 0.531 e. The van der Waals surface area contributed by atoms with Crippen LogP contribution in [0, 0.1) is 0 Å². The van der Waals surface area contributed by atoms with Gasteiger partial charge in [-0.05, 0) is 105 Å². The maximum absolute atomic E-state index is 14.3. The van der Waals surface area contributed by atoms with Crippen LogP contribution in [0.25, 0.3) is 0 Å². The third kappa shape index (κ3) is 21.0. The second-order valence-electron chi connectivity index (χ2n) is 17.5. The molecule has 0 aromatic heterocycles. The molecule has 0 unspecified atom stereocenters. The number of benzene rings is 2. The van der Waals surface area contributed by atoms with Gasteiger partial charge in [-0.2, -0.15) is 0 Å². The fourth-order valence-corrected chi connectivity index (χ4v) is 7.69. The van der Waals surface area contributed by atoms with Crippen molar-refractivity contribution in [3.8, 4) is 5.75 Å². The molecule has 2 aromatic carbocycles. The average molecular weight is 816 g/mol. The van der Waals surface area contributed by atoms with E-state index in [-0.39, 0.29) is 43.2 Å². The lowest BCUT2D eigenvalue weighted by Gasteiger charge is -2.31. The zero-order chi connectivity index (χ0) is 42.9. The van der Waals surface area contributed by atoms with Crippen LogP contribution in [0.2, 0.25) is 0 Å². The molecule has 0 aliphatic heterocycles. The molecule has 2 aromatic rings. The van der Waals surface area contributed by atoms with Gasteiger partial charge in [0, 0.05) is 25.9 Å². The zero-order valence-electron chi connectivity index (χ0n) is 36.4. The van der Waals surface area contributed by atoms with Crippen LogP contribution in [0.5, 0.6) is 5.75 Å². The van der Waals surface area contributed by atoms with Crippen LogP contribution < -0.4 is 15.2 Å². The highest BCUT2D eigenvalue weighted by atomic mass is 31.2. The largest absolute Gasteiger partial charge is 0.531 e. The predicted molar refractivity (Wildman–Crippen MR) is 225 cm³/mol. The Morgan fingerprint density at radius 2 is 1.23 bits per heavy atom. The highest BCUT2D eigenvalue weighted by molar-refractivity contribution is 7.49. The lowest BCUT2D eigenvalue weighted by Crippen LogP contribution is -2.55. The first kappa shape index (κ1) is 49.4. The minimum Gasteiger partial charge on any atom is -0.460 e. The summed E-state index contributed by atoms with van der Waals surface area (Å²) in [6.07, 6.45) is 5.57. The summed E-state index contributed by atoms with van der Waals surface area (Å²) in [5.41, 5.74) is -0.934. The van der Waals surface area contributed by atoms with E-state index in [2.05, 4.69) is 24.5 Å². The number of phosphoric ester groups is 1. The Morgan fingerprint density at radius 3 is 1.72 bits per heavy atom. The van der Waals surface area contributed by atoms with Crippen molar-refractivity contribution in [1.29, 1.82) is 0 Å². The molecular weight excluding hydrogens is 745 g/mol. The minimum atomic E-state index is -4.06. The van der Waals surface area contributed by atoms with Gasteiger partial charge in [0.15, 0.2) is 0 Å². The van der Waals surface area contributed by atoms with Crippen LogP contribution in [0.1, 0.15) is 139 Å². The number of rotatable bonds is 23. The molecule has 0 radical (unpaired) electrons. The lowest BCUT2D eigenvalue weighted by atomic mass is 10.0. The number of carbonyl (C=O) groups excluding carboxylic acids is 4. The fraction of sp³-hybridized carbons (Fsp3) is 0.636. The molecule has 0 aliphatic rings. The van der Waals surface area contributed by atoms with Gasteiger partial charge in [0.05, 0.1) is 17.6 Å². The SMILES string of the molecule is CCCCCN(CCCCC)C(=O)[C@H](CCC(=O)OC(C)(C)C)NC(=O)[C@H](Cc1ccc(OP(=O)(OC(C)(C)C)OC(C)(C)C)cc1)NC(=O)Cc1ccccc1. The van der Waals surface area contributed by atoms with Crippen molar-refractivity contribution in [2.45, 2.75) is 169 Å². The summed E-state index contributed by atoms with van der Waals surface area (Å²) in [4.78, 5) is 56.6. The predicted octanol–water partition coefficient (Wildman–Crippen LogP) is 8.89. The van der Waals surface area contributed by atoms with Crippen molar-refractivity contribution in [3.05, 3.63) is 65.7 Å². The van der Waals surface area contributed by atoms with E-state index in [1.807, 2.05) is 30.3 Å². The summed E-state index contributed by atoms with van der Waals surface area (Å²) in [5.74, 6) is -1.46. The molecule has 0 aliphatic carbocycles. The average Bonchev–Trinajstić information content (AvgIpc) is 3.07. The first-order chi connectivity index (χ1) is 26.5. The van der Waals surface area contributed by atoms with Gasteiger partial charge in [0.25, 0.3) is 0 Å². The Labute approximate surface area is 342 Å². The molecule has 0 bridgehead atoms. The summed E-state index contributed by atoms with van der Waals surface area (Å²) in [6.45, 7) is 21.1. The molecule has 13 heteroatoms. The number of hydrogen-bond acceptors (Lipinski definition) is 9. The Bertz CT molecular complexity index is 1570. The van der Waals surface area contributed by atoms with Gasteiger partial charge >= 0.3 is 13.8 Å². The molecule has 3 amide bonds. The molecule has 0 fully saturated rings. The number of hydrogen-bond donors (Lipinski definition) is 2. The number of amides is 3. The summed E-state index contributed by atoms with van der Waals surface area (Å²) in [7, 11) is -4.06. The van der Waals surface area contributed by atoms with Gasteiger partial charge in [-0.15, -0.1) is 0 Å². The molecule has 2 atom stereocenters. The van der Waals surface area contributed by atoms with Gasteiger partial charge < -0.3 is 24.8 Å². The van der Waals surface area contributed by atoms with Crippen molar-refractivity contribution >= 4 is 31.5 Å². The molecule has 2 N–H and O–H groups in total. The van der Waals surface area contributed by atoms with Crippen LogP contribution >= 0.6 is 7.82 Å². The fourth-order valence-electron chi connectivity index (χ4n) is 5.86. The van der Waals surface area contributed by atoms with Gasteiger partial charge in [-0.25, -0.2) is 4.57 Å². The number of carbonyl (C=O) groups is 4. The molecule has 0 saturated heterocycles. The number of phosphoric acid groups is 1. The number of nitrogens with zero attached hydrogens (tertiary/aromatic N) is 1. The summed E-state index contributed by atoms with van der Waals surface area (Å²) >= 11 is 0. The summed E-state index contributed by atoms with van der Waals surface area (Å²) in [5, 5.41) is 5.81. The van der Waals surface area contributed by atoms with Crippen LogP contribution in [0.3, 0.4) is 0 Å². The first-order valence-corrected chi connectivity index (χ1v) is 21.9. The normalized spacial score (nSPS) is 13.3. The minimum absolute atomic E-state index is 0.0294. The molecule has 2 rings (SSSR count). The first-order valence-electron chi connectivity index (χ1n) is 20.5. The molecule has 0 saturated carbocycles. The Kier molecular flexibility index (Phi) is 20.0. The van der Waals surface area contributed by atoms with Crippen molar-refractivity contribution in [2.75, 3.05) is 13.1 Å². The van der Waals surface area contributed by atoms with E-state index in [4.69, 9.17) is 18.3 Å². The van der Waals surface area contributed by atoms with E-state index in [1.165, 1.54) is 0 Å².